The number of halogens is 1. The predicted octanol–water partition coefficient (Wildman–Crippen LogP) is 3.90. The molecule has 0 fully saturated rings. The molecule has 3 rings (SSSR count). The summed E-state index contributed by atoms with van der Waals surface area (Å²) in [6.45, 7) is 0.276. The summed E-state index contributed by atoms with van der Waals surface area (Å²) in [5, 5.41) is 0. The Hall–Kier alpha value is -3.19. The minimum atomic E-state index is -3.82. The van der Waals surface area contributed by atoms with E-state index < -0.39 is 10.0 Å². The quantitative estimate of drug-likeness (QED) is 0.685. The van der Waals surface area contributed by atoms with Crippen LogP contribution in [0.1, 0.15) is 15.9 Å². The zero-order valence-corrected chi connectivity index (χ0v) is 16.0. The van der Waals surface area contributed by atoms with Crippen LogP contribution >= 0.6 is 0 Å². The molecule has 0 aliphatic carbocycles. The summed E-state index contributed by atoms with van der Waals surface area (Å²) < 4.78 is 40.7. The average molecular weight is 398 g/mol. The number of sulfonamides is 1. The van der Waals surface area contributed by atoms with Crippen LogP contribution in [0.5, 0.6) is 0 Å². The zero-order valence-electron chi connectivity index (χ0n) is 15.2. The number of amides is 1. The Balaban J connectivity index is 1.78. The van der Waals surface area contributed by atoms with Gasteiger partial charge in [-0.05, 0) is 48.0 Å². The van der Waals surface area contributed by atoms with Crippen molar-refractivity contribution in [3.8, 4) is 0 Å². The molecule has 0 unspecified atom stereocenters. The van der Waals surface area contributed by atoms with Gasteiger partial charge in [0.15, 0.2) is 0 Å². The lowest BCUT2D eigenvalue weighted by atomic mass is 10.1. The molecule has 144 valence electrons. The molecule has 0 saturated heterocycles. The summed E-state index contributed by atoms with van der Waals surface area (Å²) in [5.74, 6) is -0.678. The Kier molecular flexibility index (Phi) is 5.75. The van der Waals surface area contributed by atoms with Gasteiger partial charge in [-0.25, -0.2) is 12.8 Å². The van der Waals surface area contributed by atoms with Gasteiger partial charge in [-0.15, -0.1) is 0 Å². The predicted molar refractivity (Wildman–Crippen MR) is 106 cm³/mol. The average Bonchev–Trinajstić information content (AvgIpc) is 2.69. The van der Waals surface area contributed by atoms with E-state index in [0.717, 1.165) is 5.56 Å². The number of carbonyl (C=O) groups excluding carboxylic acids is 1. The third-order valence-corrected chi connectivity index (χ3v) is 5.48. The van der Waals surface area contributed by atoms with Crippen LogP contribution in [-0.4, -0.2) is 26.3 Å². The molecule has 0 bridgehead atoms. The van der Waals surface area contributed by atoms with Crippen molar-refractivity contribution in [1.82, 2.24) is 4.90 Å². The molecule has 0 radical (unpaired) electrons. The number of nitrogens with one attached hydrogen (secondary N) is 1. The lowest BCUT2D eigenvalue weighted by Gasteiger charge is -2.18. The molecule has 0 spiro atoms. The first-order valence-corrected chi connectivity index (χ1v) is 10.0. The molecule has 3 aromatic carbocycles. The Labute approximate surface area is 163 Å². The van der Waals surface area contributed by atoms with E-state index in [1.165, 1.54) is 35.2 Å². The molecular formula is C21H19FN2O3S. The number of rotatable bonds is 6. The third kappa shape index (κ3) is 4.75. The van der Waals surface area contributed by atoms with Crippen molar-refractivity contribution < 1.29 is 17.6 Å². The topological polar surface area (TPSA) is 66.5 Å². The van der Waals surface area contributed by atoms with Gasteiger partial charge in [-0.1, -0.05) is 36.4 Å². The van der Waals surface area contributed by atoms with Gasteiger partial charge in [0.1, 0.15) is 5.82 Å². The highest BCUT2D eigenvalue weighted by Gasteiger charge is 2.18. The molecular weight excluding hydrogens is 379 g/mol. The van der Waals surface area contributed by atoms with E-state index in [1.54, 1.807) is 55.6 Å². The SMILES string of the molecule is CN(Cc1ccc(F)cc1)C(=O)c1cccc(S(=O)(=O)Nc2ccccc2)c1. The van der Waals surface area contributed by atoms with Crippen molar-refractivity contribution in [3.63, 3.8) is 0 Å². The highest BCUT2D eigenvalue weighted by molar-refractivity contribution is 7.92. The lowest BCUT2D eigenvalue weighted by molar-refractivity contribution is 0.0785. The van der Waals surface area contributed by atoms with E-state index in [-0.39, 0.29) is 28.7 Å². The first kappa shape index (κ1) is 19.6. The normalized spacial score (nSPS) is 11.1. The van der Waals surface area contributed by atoms with E-state index in [1.807, 2.05) is 0 Å². The van der Waals surface area contributed by atoms with Crippen molar-refractivity contribution in [2.45, 2.75) is 11.4 Å². The van der Waals surface area contributed by atoms with E-state index in [9.17, 15) is 17.6 Å². The van der Waals surface area contributed by atoms with Crippen molar-refractivity contribution in [2.75, 3.05) is 11.8 Å². The molecule has 1 N–H and O–H groups in total. The fourth-order valence-electron chi connectivity index (χ4n) is 2.67. The number of hydrogen-bond donors (Lipinski definition) is 1. The molecule has 0 heterocycles. The third-order valence-electron chi connectivity index (χ3n) is 4.10. The summed E-state index contributed by atoms with van der Waals surface area (Å²) >= 11 is 0. The van der Waals surface area contributed by atoms with E-state index in [0.29, 0.717) is 5.69 Å². The summed E-state index contributed by atoms with van der Waals surface area (Å²) in [6, 6.07) is 20.2. The van der Waals surface area contributed by atoms with Crippen LogP contribution in [0.25, 0.3) is 0 Å². The van der Waals surface area contributed by atoms with Gasteiger partial charge in [0, 0.05) is 24.8 Å². The second-order valence-corrected chi connectivity index (χ2v) is 7.97. The van der Waals surface area contributed by atoms with Crippen molar-refractivity contribution in [1.29, 1.82) is 0 Å². The number of carbonyl (C=O) groups is 1. The standard InChI is InChI=1S/C21H19FN2O3S/c1-24(15-16-10-12-18(22)13-11-16)21(25)17-6-5-9-20(14-17)28(26,27)23-19-7-3-2-4-8-19/h2-14,23H,15H2,1H3. The van der Waals surface area contributed by atoms with Gasteiger partial charge in [-0.3, -0.25) is 9.52 Å². The largest absolute Gasteiger partial charge is 0.337 e. The fraction of sp³-hybridized carbons (Fsp3) is 0.0952. The summed E-state index contributed by atoms with van der Waals surface area (Å²) in [4.78, 5) is 14.1. The number of nitrogens with zero attached hydrogens (tertiary/aromatic N) is 1. The molecule has 3 aromatic rings. The van der Waals surface area contributed by atoms with Gasteiger partial charge in [0.25, 0.3) is 15.9 Å². The molecule has 0 aromatic heterocycles. The van der Waals surface area contributed by atoms with Crippen LogP contribution < -0.4 is 4.72 Å². The van der Waals surface area contributed by atoms with Crippen molar-refractivity contribution in [2.24, 2.45) is 0 Å². The molecule has 5 nitrogen and oxygen atoms in total. The Morgan fingerprint density at radius 1 is 0.964 bits per heavy atom. The lowest BCUT2D eigenvalue weighted by Crippen LogP contribution is -2.26. The van der Waals surface area contributed by atoms with Crippen molar-refractivity contribution >= 4 is 21.6 Å². The van der Waals surface area contributed by atoms with Gasteiger partial charge in [0.05, 0.1) is 4.90 Å². The molecule has 1 amide bonds. The first-order valence-electron chi connectivity index (χ1n) is 8.53. The highest BCUT2D eigenvalue weighted by atomic mass is 32.2. The zero-order chi connectivity index (χ0) is 20.1. The highest BCUT2D eigenvalue weighted by Crippen LogP contribution is 2.18. The van der Waals surface area contributed by atoms with E-state index in [4.69, 9.17) is 0 Å². The van der Waals surface area contributed by atoms with E-state index in [2.05, 4.69) is 4.72 Å². The number of para-hydroxylation sites is 1. The Morgan fingerprint density at radius 2 is 1.64 bits per heavy atom. The van der Waals surface area contributed by atoms with Gasteiger partial charge < -0.3 is 4.90 Å². The number of hydrogen-bond acceptors (Lipinski definition) is 3. The minimum Gasteiger partial charge on any atom is -0.337 e. The smallest absolute Gasteiger partial charge is 0.261 e. The first-order chi connectivity index (χ1) is 13.3. The van der Waals surface area contributed by atoms with Gasteiger partial charge >= 0.3 is 0 Å². The van der Waals surface area contributed by atoms with Gasteiger partial charge in [-0.2, -0.15) is 0 Å². The summed E-state index contributed by atoms with van der Waals surface area (Å²) in [6.07, 6.45) is 0. The van der Waals surface area contributed by atoms with Crippen molar-refractivity contribution in [3.05, 3.63) is 95.8 Å². The van der Waals surface area contributed by atoms with E-state index >= 15 is 0 Å². The van der Waals surface area contributed by atoms with Crippen LogP contribution in [0.3, 0.4) is 0 Å². The van der Waals surface area contributed by atoms with Crippen LogP contribution in [-0.2, 0) is 16.6 Å². The van der Waals surface area contributed by atoms with Crippen LogP contribution in [0.2, 0.25) is 0 Å². The molecule has 0 aliphatic heterocycles. The second-order valence-electron chi connectivity index (χ2n) is 6.29. The van der Waals surface area contributed by atoms with Gasteiger partial charge in [0.2, 0.25) is 0 Å². The Bertz CT molecular complexity index is 1070. The molecule has 0 aliphatic rings. The molecule has 0 atom stereocenters. The maximum Gasteiger partial charge on any atom is 0.261 e. The maximum atomic E-state index is 13.0. The van der Waals surface area contributed by atoms with Crippen LogP contribution in [0.15, 0.2) is 83.8 Å². The second kappa shape index (κ2) is 8.22. The van der Waals surface area contributed by atoms with Crippen LogP contribution in [0.4, 0.5) is 10.1 Å². The molecule has 7 heteroatoms. The monoisotopic (exact) mass is 398 g/mol. The minimum absolute atomic E-state index is 0.00242. The Morgan fingerprint density at radius 3 is 2.32 bits per heavy atom. The summed E-state index contributed by atoms with van der Waals surface area (Å²) in [7, 11) is -2.21. The van der Waals surface area contributed by atoms with Crippen LogP contribution in [0, 0.1) is 5.82 Å². The molecule has 28 heavy (non-hydrogen) atoms. The summed E-state index contributed by atoms with van der Waals surface area (Å²) in [5.41, 5.74) is 1.46. The number of anilines is 1. The molecule has 0 saturated carbocycles. The number of benzene rings is 3. The fourth-order valence-corrected chi connectivity index (χ4v) is 3.78. The maximum absolute atomic E-state index is 13.0.